The Morgan fingerprint density at radius 2 is 0.750 bits per heavy atom. The molecule has 1 aromatic carbocycles. The summed E-state index contributed by atoms with van der Waals surface area (Å²) in [6.07, 6.45) is 0. The number of rotatable bonds is 9. The van der Waals surface area contributed by atoms with Crippen LogP contribution in [0.4, 0.5) is 0 Å². The minimum Gasteiger partial charge on any atom is -0.329 e. The Morgan fingerprint density at radius 3 is 0.917 bits per heavy atom. The van der Waals surface area contributed by atoms with Crippen molar-refractivity contribution >= 4 is 29.5 Å². The molecule has 0 heterocycles. The molecule has 138 valence electrons. The third kappa shape index (κ3) is 4.97. The standard InChI is InChI=1S/C12H21N3O6S3/c13-1-4-22(16,17)10-7-11(23(18,19)5-2-14)9-12(8-10)24(20,21)6-3-15/h7-9H,1-6,13-15H2. The zero-order chi connectivity index (χ0) is 18.6. The molecular formula is C12H21N3O6S3. The highest BCUT2D eigenvalue weighted by Gasteiger charge is 2.24. The molecule has 6 N–H and O–H groups in total. The van der Waals surface area contributed by atoms with Gasteiger partial charge in [0.25, 0.3) is 0 Å². The summed E-state index contributed by atoms with van der Waals surface area (Å²) in [4.78, 5) is -1.25. The zero-order valence-corrected chi connectivity index (χ0v) is 15.3. The summed E-state index contributed by atoms with van der Waals surface area (Å²) in [5.41, 5.74) is 15.7. The molecule has 0 atom stereocenters. The highest BCUT2D eigenvalue weighted by atomic mass is 32.2. The van der Waals surface area contributed by atoms with Crippen molar-refractivity contribution in [2.24, 2.45) is 17.2 Å². The third-order valence-corrected chi connectivity index (χ3v) is 8.27. The lowest BCUT2D eigenvalue weighted by molar-refractivity contribution is 0.591. The summed E-state index contributed by atoms with van der Waals surface area (Å²) in [5, 5.41) is 0. The van der Waals surface area contributed by atoms with E-state index in [-0.39, 0.29) is 19.6 Å². The summed E-state index contributed by atoms with van der Waals surface area (Å²) in [6.45, 7) is -0.563. The number of hydrogen-bond donors (Lipinski definition) is 3. The summed E-state index contributed by atoms with van der Waals surface area (Å²) in [7, 11) is -11.8. The van der Waals surface area contributed by atoms with Gasteiger partial charge >= 0.3 is 0 Å². The topological polar surface area (TPSA) is 180 Å². The van der Waals surface area contributed by atoms with Crippen LogP contribution in [0.3, 0.4) is 0 Å². The van der Waals surface area contributed by atoms with Crippen molar-refractivity contribution in [3.8, 4) is 0 Å². The van der Waals surface area contributed by atoms with Gasteiger partial charge in [0, 0.05) is 19.6 Å². The molecule has 0 aliphatic carbocycles. The van der Waals surface area contributed by atoms with Gasteiger partial charge in [0.2, 0.25) is 0 Å². The van der Waals surface area contributed by atoms with Crippen LogP contribution in [0.2, 0.25) is 0 Å². The maximum absolute atomic E-state index is 12.2. The minimum atomic E-state index is -3.92. The van der Waals surface area contributed by atoms with Crippen molar-refractivity contribution < 1.29 is 25.3 Å². The Balaban J connectivity index is 3.70. The molecule has 0 radical (unpaired) electrons. The Labute approximate surface area is 142 Å². The fourth-order valence-electron chi connectivity index (χ4n) is 1.90. The second-order valence-corrected chi connectivity index (χ2v) is 11.3. The molecule has 24 heavy (non-hydrogen) atoms. The van der Waals surface area contributed by atoms with E-state index in [2.05, 4.69) is 0 Å². The van der Waals surface area contributed by atoms with Crippen molar-refractivity contribution in [3.05, 3.63) is 18.2 Å². The molecule has 0 spiro atoms. The molecule has 0 fully saturated rings. The maximum Gasteiger partial charge on any atom is 0.179 e. The van der Waals surface area contributed by atoms with Gasteiger partial charge in [-0.3, -0.25) is 0 Å². The first-order valence-electron chi connectivity index (χ1n) is 6.94. The van der Waals surface area contributed by atoms with Crippen LogP contribution >= 0.6 is 0 Å². The Morgan fingerprint density at radius 1 is 0.542 bits per heavy atom. The van der Waals surface area contributed by atoms with Crippen molar-refractivity contribution in [2.45, 2.75) is 14.7 Å². The van der Waals surface area contributed by atoms with Crippen LogP contribution in [0.1, 0.15) is 0 Å². The van der Waals surface area contributed by atoms with E-state index in [0.717, 1.165) is 18.2 Å². The first-order valence-corrected chi connectivity index (χ1v) is 11.9. The molecule has 0 aliphatic rings. The van der Waals surface area contributed by atoms with Crippen LogP contribution in [-0.2, 0) is 29.5 Å². The van der Waals surface area contributed by atoms with Gasteiger partial charge in [0.1, 0.15) is 0 Å². The lowest BCUT2D eigenvalue weighted by Gasteiger charge is -2.11. The monoisotopic (exact) mass is 399 g/mol. The van der Waals surface area contributed by atoms with Gasteiger partial charge in [-0.15, -0.1) is 0 Å². The van der Waals surface area contributed by atoms with E-state index in [4.69, 9.17) is 17.2 Å². The van der Waals surface area contributed by atoms with E-state index in [0.29, 0.717) is 0 Å². The molecule has 12 heteroatoms. The molecule has 0 saturated carbocycles. The van der Waals surface area contributed by atoms with Gasteiger partial charge < -0.3 is 17.2 Å². The third-order valence-electron chi connectivity index (χ3n) is 3.09. The van der Waals surface area contributed by atoms with Gasteiger partial charge in [-0.1, -0.05) is 0 Å². The number of sulfone groups is 3. The normalized spacial score (nSPS) is 13.1. The highest BCUT2D eigenvalue weighted by molar-refractivity contribution is 7.93. The number of benzene rings is 1. The predicted octanol–water partition coefficient (Wildman–Crippen LogP) is -2.12. The van der Waals surface area contributed by atoms with Crippen molar-refractivity contribution in [3.63, 3.8) is 0 Å². The lowest BCUT2D eigenvalue weighted by atomic mass is 10.4. The first-order chi connectivity index (χ1) is 11.0. The summed E-state index contributed by atoms with van der Waals surface area (Å²) >= 11 is 0. The van der Waals surface area contributed by atoms with E-state index < -0.39 is 61.5 Å². The van der Waals surface area contributed by atoms with Crippen molar-refractivity contribution in [2.75, 3.05) is 36.9 Å². The number of hydrogen-bond acceptors (Lipinski definition) is 9. The summed E-state index contributed by atoms with van der Waals surface area (Å²) in [5.74, 6) is -1.32. The fraction of sp³-hybridized carbons (Fsp3) is 0.500. The fourth-order valence-corrected chi connectivity index (χ4v) is 5.60. The molecule has 1 rings (SSSR count). The Kier molecular flexibility index (Phi) is 6.90. The molecule has 0 bridgehead atoms. The van der Waals surface area contributed by atoms with E-state index in [9.17, 15) is 25.3 Å². The van der Waals surface area contributed by atoms with E-state index in [1.54, 1.807) is 0 Å². The van der Waals surface area contributed by atoms with Gasteiger partial charge in [0.15, 0.2) is 29.5 Å². The van der Waals surface area contributed by atoms with Crippen LogP contribution in [0.5, 0.6) is 0 Å². The predicted molar refractivity (Wildman–Crippen MR) is 89.8 cm³/mol. The average molecular weight is 400 g/mol. The average Bonchev–Trinajstić information content (AvgIpc) is 2.46. The van der Waals surface area contributed by atoms with Gasteiger partial charge in [-0.2, -0.15) is 0 Å². The van der Waals surface area contributed by atoms with E-state index in [1.165, 1.54) is 0 Å². The van der Waals surface area contributed by atoms with Crippen LogP contribution in [0.25, 0.3) is 0 Å². The van der Waals surface area contributed by atoms with Crippen LogP contribution < -0.4 is 17.2 Å². The zero-order valence-electron chi connectivity index (χ0n) is 12.9. The molecule has 0 unspecified atom stereocenters. The van der Waals surface area contributed by atoms with E-state index >= 15 is 0 Å². The molecule has 1 aromatic rings. The second-order valence-electron chi connectivity index (χ2n) is 4.96. The van der Waals surface area contributed by atoms with Crippen LogP contribution in [0, 0.1) is 0 Å². The molecule has 0 aliphatic heterocycles. The summed E-state index contributed by atoms with van der Waals surface area (Å²) < 4.78 is 73.1. The maximum atomic E-state index is 12.2. The smallest absolute Gasteiger partial charge is 0.179 e. The first kappa shape index (κ1) is 21.0. The largest absolute Gasteiger partial charge is 0.329 e. The molecule has 0 amide bonds. The van der Waals surface area contributed by atoms with E-state index in [1.807, 2.05) is 0 Å². The Bertz CT molecular complexity index is 761. The molecule has 0 aromatic heterocycles. The lowest BCUT2D eigenvalue weighted by Crippen LogP contribution is -2.20. The van der Waals surface area contributed by atoms with Gasteiger partial charge in [-0.25, -0.2) is 25.3 Å². The van der Waals surface area contributed by atoms with Crippen LogP contribution in [-0.4, -0.2) is 62.1 Å². The van der Waals surface area contributed by atoms with Gasteiger partial charge in [-0.05, 0) is 18.2 Å². The minimum absolute atomic E-state index is 0.188. The molecule has 9 nitrogen and oxygen atoms in total. The highest BCUT2D eigenvalue weighted by Crippen LogP contribution is 2.24. The van der Waals surface area contributed by atoms with Crippen molar-refractivity contribution in [1.29, 1.82) is 0 Å². The van der Waals surface area contributed by atoms with Crippen molar-refractivity contribution in [1.82, 2.24) is 0 Å². The Hall–Kier alpha value is -1.05. The van der Waals surface area contributed by atoms with Gasteiger partial charge in [0.05, 0.1) is 31.9 Å². The SMILES string of the molecule is NCCS(=O)(=O)c1cc(S(=O)(=O)CCN)cc(S(=O)(=O)CCN)c1. The second kappa shape index (κ2) is 7.89. The number of nitrogens with two attached hydrogens (primary N) is 3. The summed E-state index contributed by atoms with van der Waals surface area (Å²) in [6, 6.07) is 2.78. The quantitative estimate of drug-likeness (QED) is 0.418. The van der Waals surface area contributed by atoms with Crippen LogP contribution in [0.15, 0.2) is 32.9 Å². The molecular weight excluding hydrogens is 378 g/mol. The molecule has 0 saturated heterocycles.